The molecule has 0 amide bonds. The molecule has 12 aromatic carbocycles. The standard InChI is InChI=1S/C64H39NSe/c1-3-20-40(21-4-1)58-42-24-7-9-26-44(42)60(45-27-10-8-25-43(45)58)52-34-19-39-57-63(52)54-36-17-35-53(64(54)66-57)61-48-30-13-11-28-46(48)59(47-29-12-14-31-49(47)61)51-33-18-38-56-62(51)50-32-15-16-37-55(50)65(56)41-22-5-2-6-23-41/h1-39H. The summed E-state index contributed by atoms with van der Waals surface area (Å²) in [5, 5.41) is 15.5. The van der Waals surface area contributed by atoms with E-state index in [4.69, 9.17) is 0 Å². The minimum atomic E-state index is 0.0819. The maximum absolute atomic E-state index is 2.43. The van der Waals surface area contributed by atoms with Gasteiger partial charge in [-0.15, -0.1) is 0 Å². The van der Waals surface area contributed by atoms with Crippen LogP contribution in [0.1, 0.15) is 0 Å². The van der Waals surface area contributed by atoms with E-state index in [2.05, 4.69) is 241 Å². The number of hydrogen-bond acceptors (Lipinski definition) is 0. The van der Waals surface area contributed by atoms with Gasteiger partial charge in [-0.2, -0.15) is 0 Å². The van der Waals surface area contributed by atoms with Gasteiger partial charge in [0.1, 0.15) is 0 Å². The van der Waals surface area contributed by atoms with Crippen molar-refractivity contribution in [3.63, 3.8) is 0 Å². The first-order chi connectivity index (χ1) is 32.8. The fourth-order valence-corrected chi connectivity index (χ4v) is 14.0. The molecular formula is C64H39NSe. The normalized spacial score (nSPS) is 11.9. The van der Waals surface area contributed by atoms with E-state index in [-0.39, 0.29) is 14.5 Å². The molecule has 0 bridgehead atoms. The molecular weight excluding hydrogens is 862 g/mol. The van der Waals surface area contributed by atoms with Crippen LogP contribution in [0.2, 0.25) is 0 Å². The SMILES string of the molecule is c1ccc(-c2c3ccccc3c(-c3cccc4[se]c5c(-c6c7ccccc7c(-c7cccc8c7c7ccccc7n8-c7ccccc7)c7ccccc67)cccc5c34)c3ccccc23)cc1. The number of aromatic nitrogens is 1. The molecule has 0 aliphatic rings. The maximum atomic E-state index is 2.43. The number of benzene rings is 12. The molecule has 0 radical (unpaired) electrons. The van der Waals surface area contributed by atoms with Crippen molar-refractivity contribution in [1.82, 2.24) is 4.57 Å². The van der Waals surface area contributed by atoms with E-state index in [1.54, 1.807) is 0 Å². The first-order valence-corrected chi connectivity index (χ1v) is 24.5. The second-order valence-electron chi connectivity index (χ2n) is 17.4. The Morgan fingerprint density at radius 2 is 0.652 bits per heavy atom. The van der Waals surface area contributed by atoms with Gasteiger partial charge in [0.05, 0.1) is 0 Å². The molecule has 0 saturated carbocycles. The molecule has 0 saturated heterocycles. The van der Waals surface area contributed by atoms with Crippen LogP contribution >= 0.6 is 0 Å². The third kappa shape index (κ3) is 5.41. The quantitative estimate of drug-likeness (QED) is 0.120. The topological polar surface area (TPSA) is 4.93 Å². The molecule has 0 fully saturated rings. The zero-order valence-corrected chi connectivity index (χ0v) is 37.6. The fraction of sp³-hybridized carbons (Fsp3) is 0. The molecule has 0 aliphatic heterocycles. The Morgan fingerprint density at radius 1 is 0.258 bits per heavy atom. The molecule has 0 unspecified atom stereocenters. The molecule has 2 heterocycles. The van der Waals surface area contributed by atoms with Gasteiger partial charge in [-0.25, -0.2) is 0 Å². The molecule has 306 valence electrons. The zero-order chi connectivity index (χ0) is 43.3. The second-order valence-corrected chi connectivity index (χ2v) is 19.6. The first-order valence-electron chi connectivity index (χ1n) is 22.8. The Bertz CT molecular complexity index is 4160. The minimum absolute atomic E-state index is 0.0819. The Kier molecular flexibility index (Phi) is 8.37. The number of para-hydroxylation sites is 2. The average molecular weight is 901 g/mol. The molecule has 1 nitrogen and oxygen atoms in total. The summed E-state index contributed by atoms with van der Waals surface area (Å²) in [5.74, 6) is 0. The van der Waals surface area contributed by atoms with Crippen LogP contribution in [0.4, 0.5) is 0 Å². The van der Waals surface area contributed by atoms with Gasteiger partial charge in [-0.1, -0.05) is 18.2 Å². The summed E-state index contributed by atoms with van der Waals surface area (Å²) in [5.41, 5.74) is 14.0. The van der Waals surface area contributed by atoms with Crippen molar-refractivity contribution in [3.8, 4) is 50.2 Å². The van der Waals surface area contributed by atoms with Gasteiger partial charge in [0.15, 0.2) is 0 Å². The van der Waals surface area contributed by atoms with Gasteiger partial charge in [0, 0.05) is 0 Å². The summed E-state index contributed by atoms with van der Waals surface area (Å²) >= 11 is 0.0819. The Balaban J connectivity index is 1.05. The van der Waals surface area contributed by atoms with E-state index in [9.17, 15) is 0 Å². The molecule has 0 atom stereocenters. The molecule has 2 aromatic heterocycles. The summed E-state index contributed by atoms with van der Waals surface area (Å²) in [6, 6.07) is 88.0. The molecule has 14 aromatic rings. The summed E-state index contributed by atoms with van der Waals surface area (Å²) in [4.78, 5) is 0. The number of nitrogens with zero attached hydrogens (tertiary/aromatic N) is 1. The second kappa shape index (κ2) is 14.8. The average Bonchev–Trinajstić information content (AvgIpc) is 3.94. The van der Waals surface area contributed by atoms with Crippen molar-refractivity contribution in [3.05, 3.63) is 237 Å². The monoisotopic (exact) mass is 901 g/mol. The Hall–Kier alpha value is -8.00. The molecule has 14 rings (SSSR count). The van der Waals surface area contributed by atoms with Crippen molar-refractivity contribution in [2.45, 2.75) is 0 Å². The Morgan fingerprint density at radius 3 is 1.23 bits per heavy atom. The van der Waals surface area contributed by atoms with Crippen LogP contribution in [0.3, 0.4) is 0 Å². The predicted molar refractivity (Wildman–Crippen MR) is 285 cm³/mol. The van der Waals surface area contributed by atoms with Crippen molar-refractivity contribution in [2.75, 3.05) is 0 Å². The summed E-state index contributed by atoms with van der Waals surface area (Å²) in [6.45, 7) is 0. The van der Waals surface area contributed by atoms with E-state index in [0.717, 1.165) is 0 Å². The number of fused-ring (bicyclic) bond motifs is 10. The molecule has 0 aliphatic carbocycles. The van der Waals surface area contributed by atoms with E-state index >= 15 is 0 Å². The third-order valence-corrected chi connectivity index (χ3v) is 16.5. The van der Waals surface area contributed by atoms with E-state index in [1.807, 2.05) is 0 Å². The molecule has 0 N–H and O–H groups in total. The molecule has 2 heteroatoms. The number of hydrogen-bond donors (Lipinski definition) is 0. The van der Waals surface area contributed by atoms with Crippen LogP contribution in [-0.2, 0) is 0 Å². The van der Waals surface area contributed by atoms with Crippen LogP contribution in [-0.4, -0.2) is 19.1 Å². The summed E-state index contributed by atoms with van der Waals surface area (Å²) in [7, 11) is 0. The van der Waals surface area contributed by atoms with Crippen LogP contribution in [0, 0.1) is 0 Å². The van der Waals surface area contributed by atoms with E-state index < -0.39 is 0 Å². The van der Waals surface area contributed by atoms with Gasteiger partial charge < -0.3 is 0 Å². The summed E-state index contributed by atoms with van der Waals surface area (Å²) < 4.78 is 5.32. The zero-order valence-electron chi connectivity index (χ0n) is 35.9. The van der Waals surface area contributed by atoms with Crippen molar-refractivity contribution in [1.29, 1.82) is 0 Å². The van der Waals surface area contributed by atoms with Crippen LogP contribution in [0.5, 0.6) is 0 Å². The van der Waals surface area contributed by atoms with Gasteiger partial charge in [-0.05, 0) is 0 Å². The van der Waals surface area contributed by atoms with E-state index in [0.29, 0.717) is 0 Å². The third-order valence-electron chi connectivity index (χ3n) is 14.0. The van der Waals surface area contributed by atoms with Crippen LogP contribution < -0.4 is 0 Å². The Labute approximate surface area is 387 Å². The van der Waals surface area contributed by atoms with Gasteiger partial charge in [0.2, 0.25) is 0 Å². The van der Waals surface area contributed by atoms with Crippen molar-refractivity contribution in [2.24, 2.45) is 0 Å². The molecule has 0 spiro atoms. The predicted octanol–water partition coefficient (Wildman–Crippen LogP) is 17.4. The summed E-state index contributed by atoms with van der Waals surface area (Å²) in [6.07, 6.45) is 0. The van der Waals surface area contributed by atoms with Gasteiger partial charge >= 0.3 is 372 Å². The van der Waals surface area contributed by atoms with Crippen LogP contribution in [0.15, 0.2) is 237 Å². The molecule has 66 heavy (non-hydrogen) atoms. The van der Waals surface area contributed by atoms with Crippen LogP contribution in [0.25, 0.3) is 134 Å². The number of rotatable bonds is 5. The fourth-order valence-electron chi connectivity index (χ4n) is 11.4. The van der Waals surface area contributed by atoms with Gasteiger partial charge in [-0.3, -0.25) is 0 Å². The first kappa shape index (κ1) is 37.4. The van der Waals surface area contributed by atoms with E-state index in [1.165, 1.54) is 134 Å². The van der Waals surface area contributed by atoms with Gasteiger partial charge in [0.25, 0.3) is 0 Å². The van der Waals surface area contributed by atoms with Crippen molar-refractivity contribution < 1.29 is 0 Å². The van der Waals surface area contributed by atoms with Crippen molar-refractivity contribution >= 4 is 98.7 Å².